The summed E-state index contributed by atoms with van der Waals surface area (Å²) in [6.45, 7) is 2.25. The number of benzene rings is 1. The van der Waals surface area contributed by atoms with E-state index in [-0.39, 0.29) is 0 Å². The molecular formula is C15H17N3O3. The fourth-order valence-electron chi connectivity index (χ4n) is 2.53. The molecule has 110 valence electrons. The van der Waals surface area contributed by atoms with Crippen LogP contribution in [-0.4, -0.2) is 48.5 Å². The summed E-state index contributed by atoms with van der Waals surface area (Å²) in [5.74, 6) is -0.653. The standard InChI is InChI=1S/C15H17N3O3/c19-13(11-5-2-1-3-6-11)14(20)21-12-7-9-17-15-16-8-4-10-18(12)15/h1-3,5-6,12H,4,7-10H2,(H,16,17). The van der Waals surface area contributed by atoms with Gasteiger partial charge in [-0.25, -0.2) is 4.79 Å². The Morgan fingerprint density at radius 1 is 1.29 bits per heavy atom. The molecule has 0 spiro atoms. The molecule has 0 aliphatic carbocycles. The third-order valence-corrected chi connectivity index (χ3v) is 3.58. The normalized spacial score (nSPS) is 20.9. The molecule has 0 saturated carbocycles. The Balaban J connectivity index is 1.67. The van der Waals surface area contributed by atoms with Crippen LogP contribution in [0.5, 0.6) is 0 Å². The van der Waals surface area contributed by atoms with Crippen LogP contribution in [0.25, 0.3) is 0 Å². The summed E-state index contributed by atoms with van der Waals surface area (Å²) in [5, 5.41) is 3.18. The van der Waals surface area contributed by atoms with Crippen molar-refractivity contribution in [1.82, 2.24) is 10.2 Å². The number of ketones is 1. The highest BCUT2D eigenvalue weighted by Crippen LogP contribution is 2.16. The lowest BCUT2D eigenvalue weighted by atomic mass is 10.1. The molecule has 0 bridgehead atoms. The molecule has 0 aromatic heterocycles. The highest BCUT2D eigenvalue weighted by Gasteiger charge is 2.32. The van der Waals surface area contributed by atoms with Crippen LogP contribution in [0.4, 0.5) is 0 Å². The summed E-state index contributed by atoms with van der Waals surface area (Å²) in [6.07, 6.45) is 1.16. The summed E-state index contributed by atoms with van der Waals surface area (Å²) >= 11 is 0. The van der Waals surface area contributed by atoms with Gasteiger partial charge in [0.2, 0.25) is 0 Å². The Kier molecular flexibility index (Phi) is 3.85. The van der Waals surface area contributed by atoms with Gasteiger partial charge in [-0.15, -0.1) is 0 Å². The number of ether oxygens (including phenoxy) is 1. The lowest BCUT2D eigenvalue weighted by Gasteiger charge is -2.39. The van der Waals surface area contributed by atoms with Crippen LogP contribution in [0.3, 0.4) is 0 Å². The maximum absolute atomic E-state index is 12.0. The molecule has 21 heavy (non-hydrogen) atoms. The Bertz CT molecular complexity index is 571. The average Bonchev–Trinajstić information content (AvgIpc) is 2.55. The SMILES string of the molecule is O=C(OC1CCN=C2NCCCN21)C(=O)c1ccccc1. The summed E-state index contributed by atoms with van der Waals surface area (Å²) in [6, 6.07) is 8.46. The molecule has 1 aromatic carbocycles. The number of hydrogen-bond acceptors (Lipinski definition) is 6. The van der Waals surface area contributed by atoms with Gasteiger partial charge in [0.25, 0.3) is 5.78 Å². The average molecular weight is 287 g/mol. The van der Waals surface area contributed by atoms with E-state index in [1.54, 1.807) is 30.3 Å². The van der Waals surface area contributed by atoms with Crippen LogP contribution >= 0.6 is 0 Å². The van der Waals surface area contributed by atoms with Gasteiger partial charge in [-0.1, -0.05) is 30.3 Å². The maximum Gasteiger partial charge on any atom is 0.381 e. The molecule has 1 atom stereocenters. The zero-order valence-electron chi connectivity index (χ0n) is 11.6. The van der Waals surface area contributed by atoms with Gasteiger partial charge < -0.3 is 15.0 Å². The van der Waals surface area contributed by atoms with Gasteiger partial charge >= 0.3 is 5.97 Å². The molecule has 1 saturated heterocycles. The van der Waals surface area contributed by atoms with Crippen molar-refractivity contribution in [3.63, 3.8) is 0 Å². The van der Waals surface area contributed by atoms with Gasteiger partial charge in [0.1, 0.15) is 0 Å². The summed E-state index contributed by atoms with van der Waals surface area (Å²) < 4.78 is 5.39. The van der Waals surface area contributed by atoms with Crippen LogP contribution in [0, 0.1) is 0 Å². The van der Waals surface area contributed by atoms with E-state index in [2.05, 4.69) is 10.3 Å². The number of carbonyl (C=O) groups is 2. The first-order chi connectivity index (χ1) is 10.3. The van der Waals surface area contributed by atoms with E-state index in [1.165, 1.54) is 0 Å². The van der Waals surface area contributed by atoms with E-state index in [1.807, 2.05) is 4.90 Å². The van der Waals surface area contributed by atoms with Crippen molar-refractivity contribution in [2.24, 2.45) is 4.99 Å². The lowest BCUT2D eigenvalue weighted by molar-refractivity contribution is -0.151. The predicted molar refractivity (Wildman–Crippen MR) is 76.9 cm³/mol. The van der Waals surface area contributed by atoms with E-state index >= 15 is 0 Å². The van der Waals surface area contributed by atoms with Crippen LogP contribution in [0.15, 0.2) is 35.3 Å². The van der Waals surface area contributed by atoms with E-state index in [9.17, 15) is 9.59 Å². The quantitative estimate of drug-likeness (QED) is 0.506. The zero-order chi connectivity index (χ0) is 14.7. The molecule has 6 heteroatoms. The first kappa shape index (κ1) is 13.6. The van der Waals surface area contributed by atoms with Gasteiger partial charge in [0.15, 0.2) is 12.2 Å². The van der Waals surface area contributed by atoms with Crippen molar-refractivity contribution < 1.29 is 14.3 Å². The number of guanidine groups is 1. The summed E-state index contributed by atoms with van der Waals surface area (Å²) in [4.78, 5) is 30.4. The third-order valence-electron chi connectivity index (χ3n) is 3.58. The van der Waals surface area contributed by atoms with E-state index < -0.39 is 18.0 Å². The first-order valence-corrected chi connectivity index (χ1v) is 7.11. The third kappa shape index (κ3) is 2.89. The molecule has 1 fully saturated rings. The number of nitrogens with one attached hydrogen (secondary N) is 1. The number of esters is 1. The second-order valence-electron chi connectivity index (χ2n) is 5.02. The molecule has 2 aliphatic heterocycles. The van der Waals surface area contributed by atoms with Crippen molar-refractivity contribution in [2.75, 3.05) is 19.6 Å². The minimum Gasteiger partial charge on any atom is -0.435 e. The Hall–Kier alpha value is -2.37. The van der Waals surface area contributed by atoms with Gasteiger partial charge in [-0.05, 0) is 6.42 Å². The second kappa shape index (κ2) is 5.95. The fourth-order valence-corrected chi connectivity index (χ4v) is 2.53. The minimum atomic E-state index is -0.807. The molecular weight excluding hydrogens is 270 g/mol. The van der Waals surface area contributed by atoms with Crippen LogP contribution in [0.1, 0.15) is 23.2 Å². The highest BCUT2D eigenvalue weighted by atomic mass is 16.6. The van der Waals surface area contributed by atoms with Crippen LogP contribution in [0.2, 0.25) is 0 Å². The smallest absolute Gasteiger partial charge is 0.381 e. The monoisotopic (exact) mass is 287 g/mol. The topological polar surface area (TPSA) is 71.0 Å². The van der Waals surface area contributed by atoms with Crippen molar-refractivity contribution in [3.05, 3.63) is 35.9 Å². The number of hydrogen-bond donors (Lipinski definition) is 1. The number of rotatable bonds is 3. The number of Topliss-reactive ketones (excluding diaryl/α,β-unsaturated/α-hetero) is 1. The van der Waals surface area contributed by atoms with E-state index in [0.29, 0.717) is 18.5 Å². The van der Waals surface area contributed by atoms with Crippen molar-refractivity contribution in [2.45, 2.75) is 19.1 Å². The number of aliphatic imine (C=N–C) groups is 1. The number of nitrogens with zero attached hydrogens (tertiary/aromatic N) is 2. The second-order valence-corrected chi connectivity index (χ2v) is 5.02. The van der Waals surface area contributed by atoms with Gasteiger partial charge in [0, 0.05) is 31.6 Å². The molecule has 6 nitrogen and oxygen atoms in total. The van der Waals surface area contributed by atoms with Crippen molar-refractivity contribution >= 4 is 17.7 Å². The molecule has 2 heterocycles. The lowest BCUT2D eigenvalue weighted by Crippen LogP contribution is -2.56. The first-order valence-electron chi connectivity index (χ1n) is 7.11. The molecule has 0 amide bonds. The Labute approximate surface area is 122 Å². The van der Waals surface area contributed by atoms with E-state index in [0.717, 1.165) is 25.5 Å². The van der Waals surface area contributed by atoms with Gasteiger partial charge in [-0.2, -0.15) is 0 Å². The van der Waals surface area contributed by atoms with Crippen LogP contribution < -0.4 is 5.32 Å². The minimum absolute atomic E-state index is 0.351. The van der Waals surface area contributed by atoms with Crippen LogP contribution in [-0.2, 0) is 9.53 Å². The predicted octanol–water partition coefficient (Wildman–Crippen LogP) is 0.794. The van der Waals surface area contributed by atoms with Crippen molar-refractivity contribution in [1.29, 1.82) is 0 Å². The number of fused-ring (bicyclic) bond motifs is 1. The van der Waals surface area contributed by atoms with Crippen molar-refractivity contribution in [3.8, 4) is 0 Å². The molecule has 3 rings (SSSR count). The molecule has 1 N–H and O–H groups in total. The van der Waals surface area contributed by atoms with Gasteiger partial charge in [0.05, 0.1) is 0 Å². The number of carbonyl (C=O) groups excluding carboxylic acids is 2. The highest BCUT2D eigenvalue weighted by molar-refractivity contribution is 6.40. The summed E-state index contributed by atoms with van der Waals surface area (Å²) in [7, 11) is 0. The maximum atomic E-state index is 12.0. The molecule has 0 radical (unpaired) electrons. The molecule has 1 unspecified atom stereocenters. The summed E-state index contributed by atoms with van der Waals surface area (Å²) in [5.41, 5.74) is 0.351. The largest absolute Gasteiger partial charge is 0.435 e. The molecule has 1 aromatic rings. The fraction of sp³-hybridized carbons (Fsp3) is 0.400. The molecule has 2 aliphatic rings. The van der Waals surface area contributed by atoms with E-state index in [4.69, 9.17) is 4.74 Å². The Morgan fingerprint density at radius 2 is 2.10 bits per heavy atom. The Morgan fingerprint density at radius 3 is 2.90 bits per heavy atom. The van der Waals surface area contributed by atoms with Gasteiger partial charge in [-0.3, -0.25) is 9.79 Å². The zero-order valence-corrected chi connectivity index (χ0v) is 11.6.